The lowest BCUT2D eigenvalue weighted by atomic mass is 10.0. The Morgan fingerprint density at radius 3 is 2.79 bits per heavy atom. The van der Waals surface area contributed by atoms with Crippen LogP contribution in [0.15, 0.2) is 18.2 Å². The van der Waals surface area contributed by atoms with Crippen LogP contribution in [0.5, 0.6) is 0 Å². The SMILES string of the molecule is CCOC(=O)C(=O)c1ccc2cc(Cl)sc2c1CBr. The van der Waals surface area contributed by atoms with E-state index in [2.05, 4.69) is 15.9 Å². The zero-order valence-electron chi connectivity index (χ0n) is 10.0. The molecular weight excluding hydrogens is 352 g/mol. The quantitative estimate of drug-likeness (QED) is 0.355. The van der Waals surface area contributed by atoms with Crippen LogP contribution in [0.2, 0.25) is 4.34 Å². The summed E-state index contributed by atoms with van der Waals surface area (Å²) in [6, 6.07) is 5.27. The van der Waals surface area contributed by atoms with Gasteiger partial charge in [0.05, 0.1) is 10.9 Å². The van der Waals surface area contributed by atoms with Gasteiger partial charge in [-0.15, -0.1) is 11.3 Å². The smallest absolute Gasteiger partial charge is 0.379 e. The van der Waals surface area contributed by atoms with Gasteiger partial charge < -0.3 is 4.74 Å². The number of rotatable bonds is 4. The summed E-state index contributed by atoms with van der Waals surface area (Å²) in [4.78, 5) is 23.6. The van der Waals surface area contributed by atoms with Gasteiger partial charge in [-0.1, -0.05) is 33.6 Å². The molecule has 0 fully saturated rings. The number of halogens is 2. The molecule has 0 amide bonds. The Balaban J connectivity index is 2.54. The number of thiophene rings is 1. The summed E-state index contributed by atoms with van der Waals surface area (Å²) < 4.78 is 6.31. The van der Waals surface area contributed by atoms with Crippen molar-refractivity contribution in [2.75, 3.05) is 6.61 Å². The number of fused-ring (bicyclic) bond motifs is 1. The van der Waals surface area contributed by atoms with E-state index in [1.54, 1.807) is 19.1 Å². The van der Waals surface area contributed by atoms with Gasteiger partial charge in [0.25, 0.3) is 5.78 Å². The number of carbonyl (C=O) groups is 2. The second-order valence-corrected chi connectivity index (χ2v) is 5.99. The fraction of sp³-hybridized carbons (Fsp3) is 0.231. The average molecular weight is 362 g/mol. The van der Waals surface area contributed by atoms with E-state index in [-0.39, 0.29) is 6.61 Å². The number of esters is 1. The third kappa shape index (κ3) is 2.83. The van der Waals surface area contributed by atoms with Crippen molar-refractivity contribution < 1.29 is 14.3 Å². The summed E-state index contributed by atoms with van der Waals surface area (Å²) in [6.45, 7) is 1.85. The lowest BCUT2D eigenvalue weighted by Gasteiger charge is -2.07. The molecule has 0 saturated carbocycles. The maximum atomic E-state index is 12.0. The fourth-order valence-electron chi connectivity index (χ4n) is 1.78. The van der Waals surface area contributed by atoms with E-state index in [0.717, 1.165) is 15.6 Å². The molecular formula is C13H10BrClO3S. The Hall–Kier alpha value is -0.910. The molecule has 0 bridgehead atoms. The van der Waals surface area contributed by atoms with Crippen molar-refractivity contribution in [3.05, 3.63) is 33.7 Å². The van der Waals surface area contributed by atoms with Crippen molar-refractivity contribution in [3.8, 4) is 0 Å². The maximum Gasteiger partial charge on any atom is 0.379 e. The summed E-state index contributed by atoms with van der Waals surface area (Å²) in [5.41, 5.74) is 1.13. The van der Waals surface area contributed by atoms with Crippen LogP contribution in [0.1, 0.15) is 22.8 Å². The minimum absolute atomic E-state index is 0.182. The molecule has 0 unspecified atom stereocenters. The van der Waals surface area contributed by atoms with Gasteiger partial charge in [0.15, 0.2) is 0 Å². The van der Waals surface area contributed by atoms with Crippen molar-refractivity contribution in [2.24, 2.45) is 0 Å². The van der Waals surface area contributed by atoms with Gasteiger partial charge in [-0.05, 0) is 30.0 Å². The molecule has 2 aromatic rings. The van der Waals surface area contributed by atoms with Crippen LogP contribution in [-0.2, 0) is 14.9 Å². The van der Waals surface area contributed by atoms with Crippen molar-refractivity contribution in [2.45, 2.75) is 12.3 Å². The predicted octanol–water partition coefficient (Wildman–Crippen LogP) is 4.20. The van der Waals surface area contributed by atoms with E-state index in [4.69, 9.17) is 16.3 Å². The van der Waals surface area contributed by atoms with E-state index >= 15 is 0 Å². The van der Waals surface area contributed by atoms with Crippen LogP contribution in [0.3, 0.4) is 0 Å². The summed E-state index contributed by atoms with van der Waals surface area (Å²) in [6.07, 6.45) is 0. The molecule has 2 rings (SSSR count). The molecule has 0 aliphatic carbocycles. The molecule has 0 radical (unpaired) electrons. The molecule has 1 aromatic heterocycles. The van der Waals surface area contributed by atoms with Crippen LogP contribution in [0.25, 0.3) is 10.1 Å². The Morgan fingerprint density at radius 1 is 1.42 bits per heavy atom. The molecule has 1 heterocycles. The highest BCUT2D eigenvalue weighted by atomic mass is 79.9. The molecule has 3 nitrogen and oxygen atoms in total. The van der Waals surface area contributed by atoms with Gasteiger partial charge in [0.2, 0.25) is 0 Å². The standard InChI is InChI=1S/C13H10BrClO3S/c1-2-18-13(17)11(16)8-4-3-7-5-10(15)19-12(7)9(8)6-14/h3-5H,2,6H2,1H3. The minimum Gasteiger partial charge on any atom is -0.460 e. The van der Waals surface area contributed by atoms with E-state index in [0.29, 0.717) is 15.2 Å². The van der Waals surface area contributed by atoms with Gasteiger partial charge in [-0.25, -0.2) is 4.79 Å². The highest BCUT2D eigenvalue weighted by molar-refractivity contribution is 9.08. The molecule has 0 atom stereocenters. The summed E-state index contributed by atoms with van der Waals surface area (Å²) in [7, 11) is 0. The largest absolute Gasteiger partial charge is 0.460 e. The molecule has 0 aliphatic heterocycles. The third-order valence-electron chi connectivity index (χ3n) is 2.60. The molecule has 100 valence electrons. The lowest BCUT2D eigenvalue weighted by molar-refractivity contribution is -0.137. The molecule has 0 spiro atoms. The summed E-state index contributed by atoms with van der Waals surface area (Å²) in [5.74, 6) is -1.45. The van der Waals surface area contributed by atoms with Crippen molar-refractivity contribution in [1.82, 2.24) is 0 Å². The molecule has 1 aromatic carbocycles. The zero-order valence-corrected chi connectivity index (χ0v) is 13.2. The van der Waals surface area contributed by atoms with Crippen LogP contribution in [-0.4, -0.2) is 18.4 Å². The van der Waals surface area contributed by atoms with E-state index in [9.17, 15) is 9.59 Å². The van der Waals surface area contributed by atoms with Gasteiger partial charge in [-0.3, -0.25) is 4.79 Å². The number of carbonyl (C=O) groups excluding carboxylic acids is 2. The first-order valence-electron chi connectivity index (χ1n) is 5.56. The number of benzene rings is 1. The van der Waals surface area contributed by atoms with Crippen molar-refractivity contribution in [3.63, 3.8) is 0 Å². The lowest BCUT2D eigenvalue weighted by Crippen LogP contribution is -2.18. The number of hydrogen-bond donors (Lipinski definition) is 0. The highest BCUT2D eigenvalue weighted by Gasteiger charge is 2.22. The normalized spacial score (nSPS) is 10.7. The second kappa shape index (κ2) is 6.03. The Bertz CT molecular complexity index is 651. The van der Waals surface area contributed by atoms with Crippen molar-refractivity contribution in [1.29, 1.82) is 0 Å². The fourth-order valence-corrected chi connectivity index (χ4v) is 3.83. The van der Waals surface area contributed by atoms with Crippen molar-refractivity contribution >= 4 is 60.7 Å². The number of Topliss-reactive ketones (excluding diaryl/α,β-unsaturated/α-hetero) is 1. The van der Waals surface area contributed by atoms with E-state index in [1.807, 2.05) is 6.07 Å². The number of hydrogen-bond acceptors (Lipinski definition) is 4. The highest BCUT2D eigenvalue weighted by Crippen LogP contribution is 2.35. The Kier molecular flexibility index (Phi) is 4.60. The van der Waals surface area contributed by atoms with E-state index < -0.39 is 11.8 Å². The zero-order chi connectivity index (χ0) is 14.0. The Labute approximate surface area is 127 Å². The van der Waals surface area contributed by atoms with Gasteiger partial charge >= 0.3 is 5.97 Å². The molecule has 19 heavy (non-hydrogen) atoms. The average Bonchev–Trinajstić information content (AvgIpc) is 2.77. The second-order valence-electron chi connectivity index (χ2n) is 3.74. The number of alkyl halides is 1. The monoisotopic (exact) mass is 360 g/mol. The predicted molar refractivity (Wildman–Crippen MR) is 80.4 cm³/mol. The first kappa shape index (κ1) is 14.5. The van der Waals surface area contributed by atoms with Crippen LogP contribution >= 0.6 is 38.9 Å². The minimum atomic E-state index is -0.827. The van der Waals surface area contributed by atoms with Gasteiger partial charge in [-0.2, -0.15) is 0 Å². The number of ketones is 1. The molecule has 6 heteroatoms. The first-order chi connectivity index (χ1) is 9.08. The topological polar surface area (TPSA) is 43.4 Å². The Morgan fingerprint density at radius 2 is 2.16 bits per heavy atom. The van der Waals surface area contributed by atoms with Crippen LogP contribution < -0.4 is 0 Å². The summed E-state index contributed by atoms with van der Waals surface area (Å²) in [5, 5.41) is 1.44. The maximum absolute atomic E-state index is 12.0. The third-order valence-corrected chi connectivity index (χ3v) is 4.50. The first-order valence-corrected chi connectivity index (χ1v) is 7.88. The molecule has 0 aliphatic rings. The van der Waals surface area contributed by atoms with Crippen LogP contribution in [0.4, 0.5) is 0 Å². The van der Waals surface area contributed by atoms with Gasteiger partial charge in [0.1, 0.15) is 0 Å². The summed E-state index contributed by atoms with van der Waals surface area (Å²) >= 11 is 10.7. The number of ether oxygens (including phenoxy) is 1. The van der Waals surface area contributed by atoms with Gasteiger partial charge in [0, 0.05) is 15.6 Å². The molecule has 0 saturated heterocycles. The molecule has 0 N–H and O–H groups in total. The van der Waals surface area contributed by atoms with Crippen LogP contribution in [0, 0.1) is 0 Å². The van der Waals surface area contributed by atoms with E-state index in [1.165, 1.54) is 11.3 Å².